The zero-order valence-electron chi connectivity index (χ0n) is 18.5. The van der Waals surface area contributed by atoms with Crippen LogP contribution in [-0.4, -0.2) is 60.4 Å². The molecule has 0 aliphatic carbocycles. The number of aliphatic hydroxyl groups is 1. The third-order valence-corrected chi connectivity index (χ3v) is 5.99. The van der Waals surface area contributed by atoms with Gasteiger partial charge in [0.25, 0.3) is 11.7 Å². The maximum Gasteiger partial charge on any atom is 0.295 e. The number of carbonyl (C=O) groups is 2. The van der Waals surface area contributed by atoms with Crippen molar-refractivity contribution in [1.29, 1.82) is 0 Å². The Morgan fingerprint density at radius 2 is 1.90 bits per heavy atom. The molecule has 31 heavy (non-hydrogen) atoms. The topological polar surface area (TPSA) is 70.1 Å². The maximum absolute atomic E-state index is 12.9. The molecule has 1 aliphatic heterocycles. The van der Waals surface area contributed by atoms with Gasteiger partial charge >= 0.3 is 0 Å². The summed E-state index contributed by atoms with van der Waals surface area (Å²) in [6, 6.07) is 10.2. The number of ether oxygens (including phenoxy) is 1. The summed E-state index contributed by atoms with van der Waals surface area (Å²) in [6.45, 7) is 5.99. The van der Waals surface area contributed by atoms with E-state index >= 15 is 0 Å². The molecule has 1 aliphatic rings. The fourth-order valence-electron chi connectivity index (χ4n) is 3.54. The first-order valence-electron chi connectivity index (χ1n) is 10.5. The van der Waals surface area contributed by atoms with Crippen LogP contribution in [0.25, 0.3) is 5.76 Å². The van der Waals surface area contributed by atoms with Crippen LogP contribution in [0.3, 0.4) is 0 Å². The highest BCUT2D eigenvalue weighted by Gasteiger charge is 2.46. The van der Waals surface area contributed by atoms with Crippen molar-refractivity contribution in [2.24, 2.45) is 5.92 Å². The summed E-state index contributed by atoms with van der Waals surface area (Å²) in [6.07, 6.45) is 0.740. The third kappa shape index (κ3) is 5.35. The van der Waals surface area contributed by atoms with E-state index in [-0.39, 0.29) is 11.3 Å². The molecule has 0 saturated carbocycles. The van der Waals surface area contributed by atoms with Crippen molar-refractivity contribution in [3.63, 3.8) is 0 Å². The molecule has 7 heteroatoms. The summed E-state index contributed by atoms with van der Waals surface area (Å²) >= 11 is 1.47. The molecule has 1 fully saturated rings. The first-order valence-corrected chi connectivity index (χ1v) is 11.4. The Morgan fingerprint density at radius 1 is 1.19 bits per heavy atom. The molecule has 0 radical (unpaired) electrons. The number of likely N-dealkylation sites (tertiary alicyclic amines) is 1. The van der Waals surface area contributed by atoms with Crippen molar-refractivity contribution in [1.82, 2.24) is 9.80 Å². The van der Waals surface area contributed by atoms with Crippen LogP contribution in [-0.2, 0) is 9.59 Å². The summed E-state index contributed by atoms with van der Waals surface area (Å²) in [5.41, 5.74) is 0.637. The highest BCUT2D eigenvalue weighted by Crippen LogP contribution is 2.41. The Bertz CT molecular complexity index is 933. The van der Waals surface area contributed by atoms with Gasteiger partial charge in [0.2, 0.25) is 0 Å². The molecule has 1 amide bonds. The molecule has 6 nitrogen and oxygen atoms in total. The molecule has 0 bridgehead atoms. The zero-order valence-corrected chi connectivity index (χ0v) is 19.3. The minimum atomic E-state index is -0.638. The van der Waals surface area contributed by atoms with Gasteiger partial charge in [-0.05, 0) is 68.7 Å². The number of ketones is 1. The van der Waals surface area contributed by atoms with E-state index in [1.807, 2.05) is 36.5 Å². The largest absolute Gasteiger partial charge is 0.507 e. The van der Waals surface area contributed by atoms with Gasteiger partial charge in [0, 0.05) is 17.0 Å². The molecule has 1 atom stereocenters. The van der Waals surface area contributed by atoms with Crippen molar-refractivity contribution in [3.8, 4) is 5.75 Å². The molecule has 0 spiro atoms. The SMILES string of the molecule is CC(C)COc1ccc(/C(O)=C2/C(=O)C(=O)N(CCCN(C)C)C2c2cccs2)cc1. The molecular formula is C24H30N2O4S. The normalized spacial score (nSPS) is 18.4. The van der Waals surface area contributed by atoms with E-state index in [1.165, 1.54) is 11.3 Å². The third-order valence-electron chi connectivity index (χ3n) is 5.07. The average molecular weight is 443 g/mol. The molecule has 1 aromatic heterocycles. The molecule has 1 aromatic carbocycles. The fourth-order valence-corrected chi connectivity index (χ4v) is 4.38. The predicted octanol–water partition coefficient (Wildman–Crippen LogP) is 4.16. The van der Waals surface area contributed by atoms with Gasteiger partial charge in [-0.25, -0.2) is 0 Å². The number of hydrogen-bond acceptors (Lipinski definition) is 6. The highest BCUT2D eigenvalue weighted by atomic mass is 32.1. The number of thiophene rings is 1. The van der Waals surface area contributed by atoms with Gasteiger partial charge < -0.3 is 19.6 Å². The van der Waals surface area contributed by atoms with E-state index in [9.17, 15) is 14.7 Å². The Hall–Kier alpha value is -2.64. The second kappa shape index (κ2) is 10.1. The van der Waals surface area contributed by atoms with E-state index in [2.05, 4.69) is 13.8 Å². The number of hydrogen-bond donors (Lipinski definition) is 1. The van der Waals surface area contributed by atoms with Crippen molar-refractivity contribution in [3.05, 3.63) is 57.8 Å². The van der Waals surface area contributed by atoms with Crippen molar-refractivity contribution < 1.29 is 19.4 Å². The number of aliphatic hydroxyl groups excluding tert-OH is 1. The van der Waals surface area contributed by atoms with Crippen LogP contribution < -0.4 is 4.74 Å². The van der Waals surface area contributed by atoms with E-state index < -0.39 is 17.7 Å². The standard InChI is InChI=1S/C24H30N2O4S/c1-16(2)15-30-18-10-8-17(9-11-18)22(27)20-21(19-7-5-14-31-19)26(24(29)23(20)28)13-6-12-25(3)4/h5,7-11,14,16,21,27H,6,12-13,15H2,1-4H3/b22-20-. The smallest absolute Gasteiger partial charge is 0.295 e. The van der Waals surface area contributed by atoms with Gasteiger partial charge in [-0.2, -0.15) is 0 Å². The minimum Gasteiger partial charge on any atom is -0.507 e. The Morgan fingerprint density at radius 3 is 2.48 bits per heavy atom. The lowest BCUT2D eigenvalue weighted by atomic mass is 10.00. The minimum absolute atomic E-state index is 0.146. The number of Topliss-reactive ketones (excluding diaryl/α,β-unsaturated/α-hetero) is 1. The van der Waals surface area contributed by atoms with E-state index in [1.54, 1.807) is 29.2 Å². The monoisotopic (exact) mass is 442 g/mol. The Labute approximate surface area is 187 Å². The van der Waals surface area contributed by atoms with E-state index in [4.69, 9.17) is 4.74 Å². The van der Waals surface area contributed by atoms with E-state index in [0.717, 1.165) is 17.8 Å². The summed E-state index contributed by atoms with van der Waals surface area (Å²) in [5.74, 6) is -0.245. The van der Waals surface area contributed by atoms with Gasteiger partial charge in [-0.3, -0.25) is 9.59 Å². The molecule has 166 valence electrons. The van der Waals surface area contributed by atoms with Crippen LogP contribution in [0.2, 0.25) is 0 Å². The molecule has 3 rings (SSSR count). The van der Waals surface area contributed by atoms with Crippen molar-refractivity contribution in [2.45, 2.75) is 26.3 Å². The lowest BCUT2D eigenvalue weighted by Crippen LogP contribution is -2.32. The Balaban J connectivity index is 1.93. The van der Waals surface area contributed by atoms with E-state index in [0.29, 0.717) is 30.4 Å². The van der Waals surface area contributed by atoms with Crippen LogP contribution in [0.5, 0.6) is 5.75 Å². The summed E-state index contributed by atoms with van der Waals surface area (Å²) < 4.78 is 5.70. The average Bonchev–Trinajstić information content (AvgIpc) is 3.34. The molecule has 2 aromatic rings. The number of amides is 1. The summed E-state index contributed by atoms with van der Waals surface area (Å²) in [7, 11) is 3.94. The fraction of sp³-hybridized carbons (Fsp3) is 0.417. The van der Waals surface area contributed by atoms with Gasteiger partial charge in [0.15, 0.2) is 0 Å². The number of nitrogens with zero attached hydrogens (tertiary/aromatic N) is 2. The summed E-state index contributed by atoms with van der Waals surface area (Å²) in [4.78, 5) is 30.3. The quantitative estimate of drug-likeness (QED) is 0.359. The molecule has 1 unspecified atom stereocenters. The highest BCUT2D eigenvalue weighted by molar-refractivity contribution is 7.10. The van der Waals surface area contributed by atoms with Crippen molar-refractivity contribution in [2.75, 3.05) is 33.8 Å². The predicted molar refractivity (Wildman–Crippen MR) is 123 cm³/mol. The molecular weight excluding hydrogens is 412 g/mol. The van der Waals surface area contributed by atoms with Gasteiger partial charge in [0.1, 0.15) is 11.5 Å². The number of rotatable bonds is 9. The molecule has 1 N–H and O–H groups in total. The first kappa shape index (κ1) is 23.0. The summed E-state index contributed by atoms with van der Waals surface area (Å²) in [5, 5.41) is 13.0. The van der Waals surface area contributed by atoms with Crippen LogP contribution >= 0.6 is 11.3 Å². The zero-order chi connectivity index (χ0) is 22.5. The number of benzene rings is 1. The second-order valence-corrected chi connectivity index (χ2v) is 9.37. The van der Waals surface area contributed by atoms with Crippen molar-refractivity contribution >= 4 is 28.8 Å². The second-order valence-electron chi connectivity index (χ2n) is 8.39. The first-order chi connectivity index (χ1) is 14.8. The van der Waals surface area contributed by atoms with Crippen LogP contribution in [0.1, 0.15) is 36.8 Å². The lowest BCUT2D eigenvalue weighted by Gasteiger charge is -2.24. The van der Waals surface area contributed by atoms with Gasteiger partial charge in [0.05, 0.1) is 18.2 Å². The number of carbonyl (C=O) groups excluding carboxylic acids is 2. The lowest BCUT2D eigenvalue weighted by molar-refractivity contribution is -0.139. The van der Waals surface area contributed by atoms with Crippen LogP contribution in [0.4, 0.5) is 0 Å². The van der Waals surface area contributed by atoms with Gasteiger partial charge in [-0.15, -0.1) is 11.3 Å². The molecule has 2 heterocycles. The molecule has 1 saturated heterocycles. The van der Waals surface area contributed by atoms with Crippen LogP contribution in [0.15, 0.2) is 47.4 Å². The Kier molecular flexibility index (Phi) is 7.51. The van der Waals surface area contributed by atoms with Crippen LogP contribution in [0, 0.1) is 5.92 Å². The maximum atomic E-state index is 12.9. The van der Waals surface area contributed by atoms with Gasteiger partial charge in [-0.1, -0.05) is 19.9 Å².